The maximum atomic E-state index is 14.0. The predicted molar refractivity (Wildman–Crippen MR) is 112 cm³/mol. The third-order valence-electron chi connectivity index (χ3n) is 4.91. The molecule has 0 unspecified atom stereocenters. The molecule has 3 amide bonds. The molecule has 0 spiro atoms. The van der Waals surface area contributed by atoms with Crippen molar-refractivity contribution >= 4 is 23.9 Å². The Morgan fingerprint density at radius 3 is 2.90 bits per heavy atom. The van der Waals surface area contributed by atoms with Gasteiger partial charge in [-0.05, 0) is 49.3 Å². The lowest BCUT2D eigenvalue weighted by Crippen LogP contribution is -2.28. The van der Waals surface area contributed by atoms with E-state index in [1.807, 2.05) is 24.3 Å². The molecule has 1 saturated carbocycles. The molecule has 1 aromatic rings. The minimum atomic E-state index is -0.332. The summed E-state index contributed by atoms with van der Waals surface area (Å²) in [5, 5.41) is 2.25. The first-order valence-electron chi connectivity index (χ1n) is 10.1. The number of hydrogen-bond acceptors (Lipinski definition) is 5. The van der Waals surface area contributed by atoms with E-state index in [0.717, 1.165) is 24.2 Å². The van der Waals surface area contributed by atoms with Gasteiger partial charge in [-0.2, -0.15) is 0 Å². The van der Waals surface area contributed by atoms with Gasteiger partial charge < -0.3 is 9.64 Å². The molecular weight excluding hydrogens is 393 g/mol. The van der Waals surface area contributed by atoms with Crippen LogP contribution in [-0.4, -0.2) is 42.3 Å². The average Bonchev–Trinajstić information content (AvgIpc) is 3.47. The summed E-state index contributed by atoms with van der Waals surface area (Å²) < 4.78 is 23.1. The van der Waals surface area contributed by atoms with E-state index < -0.39 is 0 Å². The van der Waals surface area contributed by atoms with Gasteiger partial charge in [0.15, 0.2) is 11.6 Å². The van der Waals surface area contributed by atoms with Crippen LogP contribution in [0, 0.1) is 11.7 Å². The number of imide groups is 1. The minimum absolute atomic E-state index is 0.118. The van der Waals surface area contributed by atoms with Crippen molar-refractivity contribution in [3.8, 4) is 5.75 Å². The molecule has 0 radical (unpaired) electrons. The van der Waals surface area contributed by atoms with Crippen LogP contribution >= 0.6 is 11.9 Å². The molecule has 1 heterocycles. The molecular formula is C21H28FN3O3S. The van der Waals surface area contributed by atoms with Crippen molar-refractivity contribution in [2.24, 2.45) is 5.92 Å². The molecule has 2 N–H and O–H groups in total. The van der Waals surface area contributed by atoms with Gasteiger partial charge in [-0.1, -0.05) is 37.1 Å². The number of ether oxygens (including phenoxy) is 1. The Morgan fingerprint density at radius 2 is 2.21 bits per heavy atom. The first-order chi connectivity index (χ1) is 14.1. The van der Waals surface area contributed by atoms with Crippen LogP contribution in [-0.2, 0) is 4.79 Å². The molecule has 1 saturated heterocycles. The first kappa shape index (κ1) is 21.6. The van der Waals surface area contributed by atoms with E-state index in [1.165, 1.54) is 23.8 Å². The van der Waals surface area contributed by atoms with Gasteiger partial charge in [0, 0.05) is 18.3 Å². The maximum absolute atomic E-state index is 14.0. The second-order valence-electron chi connectivity index (χ2n) is 7.37. The molecule has 6 nitrogen and oxygen atoms in total. The zero-order chi connectivity index (χ0) is 20.6. The summed E-state index contributed by atoms with van der Waals surface area (Å²) in [7, 11) is 0. The molecule has 0 aromatic heterocycles. The maximum Gasteiger partial charge on any atom is 0.324 e. The Hall–Kier alpha value is -2.06. The highest BCUT2D eigenvalue weighted by atomic mass is 32.2. The number of halogens is 1. The van der Waals surface area contributed by atoms with Gasteiger partial charge >= 0.3 is 6.03 Å². The largest absolute Gasteiger partial charge is 0.490 e. The van der Waals surface area contributed by atoms with Crippen LogP contribution in [0.3, 0.4) is 0 Å². The number of carbonyl (C=O) groups excluding carboxylic acids is 2. The Balaban J connectivity index is 1.38. The molecule has 2 fully saturated rings. The summed E-state index contributed by atoms with van der Waals surface area (Å²) in [5.41, 5.74) is 1.02. The van der Waals surface area contributed by atoms with Gasteiger partial charge in [0.2, 0.25) is 5.91 Å². The van der Waals surface area contributed by atoms with Gasteiger partial charge in [0.1, 0.15) is 6.54 Å². The fourth-order valence-electron chi connectivity index (χ4n) is 2.96. The Labute approximate surface area is 175 Å². The highest BCUT2D eigenvalue weighted by Crippen LogP contribution is 2.31. The standard InChI is InChI=1S/C21H28FN3O3S/c1-2-18(16-8-9-17(22)19(12-16)28-14-15-6-7-15)24-29-11-5-3-4-10-25-13-20(26)23-21(25)27/h3-4,8-9,12,15,18,24H,2,5-7,10-11,13-14H2,1H3,(H,23,26,27)/b4-3+/t18-/m1/s1. The molecule has 0 bridgehead atoms. The van der Waals surface area contributed by atoms with Gasteiger partial charge in [-0.3, -0.25) is 14.8 Å². The summed E-state index contributed by atoms with van der Waals surface area (Å²) in [4.78, 5) is 24.0. The van der Waals surface area contributed by atoms with Crippen molar-refractivity contribution in [3.05, 3.63) is 41.7 Å². The number of urea groups is 1. The van der Waals surface area contributed by atoms with Crippen LogP contribution in [0.2, 0.25) is 0 Å². The lowest BCUT2D eigenvalue weighted by atomic mass is 10.1. The lowest BCUT2D eigenvalue weighted by molar-refractivity contribution is -0.118. The van der Waals surface area contributed by atoms with Crippen LogP contribution in [0.4, 0.5) is 9.18 Å². The van der Waals surface area contributed by atoms with Gasteiger partial charge in [0.25, 0.3) is 0 Å². The quantitative estimate of drug-likeness (QED) is 0.232. The zero-order valence-corrected chi connectivity index (χ0v) is 17.5. The first-order valence-corrected chi connectivity index (χ1v) is 11.1. The van der Waals surface area contributed by atoms with Crippen LogP contribution in [0.1, 0.15) is 44.2 Å². The number of allylic oxidation sites excluding steroid dienone is 1. The normalized spacial score (nSPS) is 17.8. The van der Waals surface area contributed by atoms with Crippen LogP contribution in [0.5, 0.6) is 5.75 Å². The average molecular weight is 422 g/mol. The van der Waals surface area contributed by atoms with Crippen molar-refractivity contribution in [1.29, 1.82) is 0 Å². The molecule has 1 atom stereocenters. The lowest BCUT2D eigenvalue weighted by Gasteiger charge is -2.18. The zero-order valence-electron chi connectivity index (χ0n) is 16.7. The fourth-order valence-corrected chi connectivity index (χ4v) is 3.84. The number of hydrogen-bond donors (Lipinski definition) is 2. The molecule has 1 aliphatic heterocycles. The number of carbonyl (C=O) groups is 2. The molecule has 3 rings (SSSR count). The Bertz CT molecular complexity index is 755. The number of benzene rings is 1. The number of amides is 3. The summed E-state index contributed by atoms with van der Waals surface area (Å²) >= 11 is 1.62. The van der Waals surface area contributed by atoms with Crippen molar-refractivity contribution < 1.29 is 18.7 Å². The van der Waals surface area contributed by atoms with Crippen molar-refractivity contribution in [1.82, 2.24) is 14.9 Å². The SMILES string of the molecule is CC[C@@H](NSCC/C=C/CN1CC(=O)NC1=O)c1ccc(F)c(OCC2CC2)c1. The molecule has 29 heavy (non-hydrogen) atoms. The topological polar surface area (TPSA) is 70.7 Å². The summed E-state index contributed by atoms with van der Waals surface area (Å²) in [6.07, 6.45) is 7.99. The van der Waals surface area contributed by atoms with Crippen LogP contribution < -0.4 is 14.8 Å². The Morgan fingerprint density at radius 1 is 1.38 bits per heavy atom. The third-order valence-corrected chi connectivity index (χ3v) is 5.80. The fraction of sp³-hybridized carbons (Fsp3) is 0.524. The van der Waals surface area contributed by atoms with Crippen molar-refractivity contribution in [2.45, 2.75) is 38.6 Å². The third kappa shape index (κ3) is 6.75. The predicted octanol–water partition coefficient (Wildman–Crippen LogP) is 3.80. The smallest absolute Gasteiger partial charge is 0.324 e. The van der Waals surface area contributed by atoms with Gasteiger partial charge in [-0.15, -0.1) is 0 Å². The van der Waals surface area contributed by atoms with E-state index in [1.54, 1.807) is 11.9 Å². The summed E-state index contributed by atoms with van der Waals surface area (Å²) in [6, 6.07) is 4.88. The molecule has 1 aliphatic carbocycles. The van der Waals surface area contributed by atoms with E-state index in [2.05, 4.69) is 17.0 Å². The van der Waals surface area contributed by atoms with E-state index in [0.29, 0.717) is 24.8 Å². The van der Waals surface area contributed by atoms with Gasteiger partial charge in [0.05, 0.1) is 6.61 Å². The molecule has 8 heteroatoms. The highest BCUT2D eigenvalue weighted by molar-refractivity contribution is 7.97. The molecule has 1 aromatic carbocycles. The van der Waals surface area contributed by atoms with Crippen LogP contribution in [0.15, 0.2) is 30.4 Å². The van der Waals surface area contributed by atoms with E-state index in [9.17, 15) is 14.0 Å². The van der Waals surface area contributed by atoms with E-state index >= 15 is 0 Å². The van der Waals surface area contributed by atoms with Crippen molar-refractivity contribution in [2.75, 3.05) is 25.4 Å². The summed E-state index contributed by atoms with van der Waals surface area (Å²) in [6.45, 7) is 3.25. The molecule has 2 aliphatic rings. The second kappa shape index (κ2) is 10.6. The van der Waals surface area contributed by atoms with Crippen LogP contribution in [0.25, 0.3) is 0 Å². The van der Waals surface area contributed by atoms with Crippen molar-refractivity contribution in [3.63, 3.8) is 0 Å². The monoisotopic (exact) mass is 421 g/mol. The van der Waals surface area contributed by atoms with Gasteiger partial charge in [-0.25, -0.2) is 9.18 Å². The molecule has 158 valence electrons. The number of nitrogens with zero attached hydrogens (tertiary/aromatic N) is 1. The van der Waals surface area contributed by atoms with E-state index in [4.69, 9.17) is 4.74 Å². The minimum Gasteiger partial charge on any atom is -0.490 e. The highest BCUT2D eigenvalue weighted by Gasteiger charge is 2.25. The summed E-state index contributed by atoms with van der Waals surface area (Å²) in [5.74, 6) is 1.23. The second-order valence-corrected chi connectivity index (χ2v) is 8.30. The number of rotatable bonds is 12. The number of nitrogens with one attached hydrogen (secondary N) is 2. The Kier molecular flexibility index (Phi) is 7.94. The van der Waals surface area contributed by atoms with E-state index in [-0.39, 0.29) is 30.3 Å².